The van der Waals surface area contributed by atoms with Crippen LogP contribution in [0.15, 0.2) is 41.3 Å². The number of ether oxygens (including phenoxy) is 1. The predicted molar refractivity (Wildman–Crippen MR) is 86.5 cm³/mol. The fraction of sp³-hybridized carbons (Fsp3) is 0.133. The van der Waals surface area contributed by atoms with E-state index in [-0.39, 0.29) is 16.5 Å². The molecule has 134 valence electrons. The fourth-order valence-electron chi connectivity index (χ4n) is 2.01. The van der Waals surface area contributed by atoms with E-state index in [4.69, 9.17) is 21.4 Å². The number of sulfonamides is 1. The largest absolute Gasteiger partial charge is 0.494 e. The van der Waals surface area contributed by atoms with Crippen molar-refractivity contribution < 1.29 is 31.8 Å². The summed E-state index contributed by atoms with van der Waals surface area (Å²) in [7, 11) is -3.24. The number of nitrogens with zero attached hydrogens (tertiary/aromatic N) is 1. The Bertz CT molecular complexity index is 920. The normalized spacial score (nSPS) is 11.2. The minimum Gasteiger partial charge on any atom is -0.494 e. The summed E-state index contributed by atoms with van der Waals surface area (Å²) in [5.74, 6) is -3.36. The topological polar surface area (TPSA) is 83.9 Å². The summed E-state index contributed by atoms with van der Waals surface area (Å²) < 4.78 is 57.8. The Morgan fingerprint density at radius 2 is 1.88 bits per heavy atom. The Balaban J connectivity index is 2.57. The quantitative estimate of drug-likeness (QED) is 0.818. The summed E-state index contributed by atoms with van der Waals surface area (Å²) >= 11 is 5.63. The van der Waals surface area contributed by atoms with Crippen LogP contribution in [0.2, 0.25) is 5.02 Å². The minimum atomic E-state index is -4.45. The zero-order chi connectivity index (χ0) is 18.8. The third kappa shape index (κ3) is 3.99. The van der Waals surface area contributed by atoms with Crippen LogP contribution in [0.5, 0.6) is 5.75 Å². The van der Waals surface area contributed by atoms with Crippen molar-refractivity contribution in [1.82, 2.24) is 0 Å². The molecular formula is C15H12ClF2NO5S. The molecule has 0 aliphatic rings. The molecule has 0 spiro atoms. The van der Waals surface area contributed by atoms with Crippen LogP contribution < -0.4 is 9.04 Å². The van der Waals surface area contributed by atoms with Gasteiger partial charge in [0.1, 0.15) is 12.4 Å². The van der Waals surface area contributed by atoms with Crippen molar-refractivity contribution in [2.24, 2.45) is 0 Å². The van der Waals surface area contributed by atoms with Crippen molar-refractivity contribution in [2.45, 2.75) is 4.90 Å². The van der Waals surface area contributed by atoms with Crippen molar-refractivity contribution in [1.29, 1.82) is 0 Å². The molecule has 0 aromatic heterocycles. The third-order valence-electron chi connectivity index (χ3n) is 3.18. The van der Waals surface area contributed by atoms with E-state index in [9.17, 15) is 22.0 Å². The van der Waals surface area contributed by atoms with Gasteiger partial charge in [0.25, 0.3) is 10.0 Å². The first-order valence-corrected chi connectivity index (χ1v) is 8.51. The highest BCUT2D eigenvalue weighted by atomic mass is 35.5. The first-order valence-electron chi connectivity index (χ1n) is 6.70. The molecule has 1 N–H and O–H groups in total. The van der Waals surface area contributed by atoms with Crippen LogP contribution in [0.25, 0.3) is 0 Å². The fourth-order valence-corrected chi connectivity index (χ4v) is 3.61. The molecular weight excluding hydrogens is 380 g/mol. The average Bonchev–Trinajstić information content (AvgIpc) is 2.55. The number of aliphatic carboxylic acids is 1. The van der Waals surface area contributed by atoms with E-state index >= 15 is 0 Å². The third-order valence-corrected chi connectivity index (χ3v) is 5.24. The van der Waals surface area contributed by atoms with Crippen LogP contribution in [0.4, 0.5) is 14.5 Å². The summed E-state index contributed by atoms with van der Waals surface area (Å²) in [6.07, 6.45) is 0. The number of benzene rings is 2. The predicted octanol–water partition coefficient (Wildman–Crippen LogP) is 2.91. The van der Waals surface area contributed by atoms with Gasteiger partial charge in [-0.25, -0.2) is 17.2 Å². The van der Waals surface area contributed by atoms with E-state index < -0.39 is 39.1 Å². The van der Waals surface area contributed by atoms with Gasteiger partial charge >= 0.3 is 5.97 Å². The lowest BCUT2D eigenvalue weighted by Gasteiger charge is -2.23. The molecule has 0 aliphatic carbocycles. The van der Waals surface area contributed by atoms with Crippen LogP contribution in [-0.2, 0) is 14.8 Å². The molecule has 6 nitrogen and oxygen atoms in total. The van der Waals surface area contributed by atoms with Gasteiger partial charge in [-0.05, 0) is 36.4 Å². The van der Waals surface area contributed by atoms with Crippen molar-refractivity contribution in [2.75, 3.05) is 18.0 Å². The molecule has 2 aromatic rings. The highest BCUT2D eigenvalue weighted by Crippen LogP contribution is 2.29. The van der Waals surface area contributed by atoms with Gasteiger partial charge in [0.15, 0.2) is 11.6 Å². The highest BCUT2D eigenvalue weighted by Gasteiger charge is 2.28. The number of anilines is 1. The molecule has 2 aromatic carbocycles. The Morgan fingerprint density at radius 3 is 2.40 bits per heavy atom. The number of carboxylic acids is 1. The molecule has 10 heteroatoms. The number of rotatable bonds is 6. The van der Waals surface area contributed by atoms with Gasteiger partial charge in [-0.3, -0.25) is 9.10 Å². The van der Waals surface area contributed by atoms with Crippen LogP contribution >= 0.6 is 11.6 Å². The number of carbonyl (C=O) groups is 1. The number of hydrogen-bond donors (Lipinski definition) is 1. The zero-order valence-corrected chi connectivity index (χ0v) is 14.3. The second-order valence-electron chi connectivity index (χ2n) is 4.80. The van der Waals surface area contributed by atoms with E-state index in [0.29, 0.717) is 10.4 Å². The highest BCUT2D eigenvalue weighted by molar-refractivity contribution is 7.92. The molecule has 0 saturated heterocycles. The maximum Gasteiger partial charge on any atom is 0.324 e. The summed E-state index contributed by atoms with van der Waals surface area (Å²) in [5, 5.41) is 8.62. The molecule has 0 amide bonds. The summed E-state index contributed by atoms with van der Waals surface area (Å²) in [6.45, 7) is -0.960. The first kappa shape index (κ1) is 18.9. The monoisotopic (exact) mass is 391 g/mol. The van der Waals surface area contributed by atoms with E-state index in [1.165, 1.54) is 7.11 Å². The Labute approximate surface area is 147 Å². The van der Waals surface area contributed by atoms with E-state index in [1.807, 2.05) is 0 Å². The van der Waals surface area contributed by atoms with Crippen molar-refractivity contribution in [3.8, 4) is 5.75 Å². The van der Waals surface area contributed by atoms with Crippen LogP contribution in [0.3, 0.4) is 0 Å². The van der Waals surface area contributed by atoms with Gasteiger partial charge in [-0.1, -0.05) is 11.6 Å². The molecule has 25 heavy (non-hydrogen) atoms. The molecule has 0 saturated carbocycles. The Kier molecular flexibility index (Phi) is 5.48. The van der Waals surface area contributed by atoms with Crippen molar-refractivity contribution in [3.05, 3.63) is 53.1 Å². The molecule has 2 rings (SSSR count). The average molecular weight is 392 g/mol. The number of carboxylic acid groups (broad SMARTS) is 1. The maximum atomic E-state index is 13.8. The molecule has 0 atom stereocenters. The van der Waals surface area contributed by atoms with Gasteiger partial charge in [0, 0.05) is 0 Å². The second kappa shape index (κ2) is 7.24. The van der Waals surface area contributed by atoms with Crippen molar-refractivity contribution in [3.63, 3.8) is 0 Å². The van der Waals surface area contributed by atoms with Gasteiger partial charge < -0.3 is 9.84 Å². The summed E-state index contributed by atoms with van der Waals surface area (Å²) in [5.41, 5.74) is -0.176. The Hall–Kier alpha value is -2.39. The summed E-state index contributed by atoms with van der Waals surface area (Å²) in [4.78, 5) is 10.6. The SMILES string of the molecule is COc1ccc(S(=O)(=O)N(CC(=O)O)c2ccc(F)c(Cl)c2)cc1F. The number of halogens is 3. The Morgan fingerprint density at radius 1 is 1.20 bits per heavy atom. The number of methoxy groups -OCH3 is 1. The lowest BCUT2D eigenvalue weighted by Crippen LogP contribution is -2.35. The molecule has 0 fully saturated rings. The second-order valence-corrected chi connectivity index (χ2v) is 7.07. The van der Waals surface area contributed by atoms with Gasteiger partial charge in [0.05, 0.1) is 22.7 Å². The molecule has 0 heterocycles. The zero-order valence-electron chi connectivity index (χ0n) is 12.7. The lowest BCUT2D eigenvalue weighted by atomic mass is 10.3. The standard InChI is InChI=1S/C15H12ClF2NO5S/c1-24-14-5-3-10(7-13(14)18)25(22,23)19(8-15(20)21)9-2-4-12(17)11(16)6-9/h2-7H,8H2,1H3,(H,20,21). The smallest absolute Gasteiger partial charge is 0.324 e. The van der Waals surface area contributed by atoms with Gasteiger partial charge in [0.2, 0.25) is 0 Å². The van der Waals surface area contributed by atoms with Crippen LogP contribution in [0.1, 0.15) is 0 Å². The van der Waals surface area contributed by atoms with E-state index in [2.05, 4.69) is 0 Å². The van der Waals surface area contributed by atoms with Gasteiger partial charge in [-0.2, -0.15) is 0 Å². The molecule has 0 bridgehead atoms. The molecule has 0 unspecified atom stereocenters. The van der Waals surface area contributed by atoms with Crippen LogP contribution in [-0.4, -0.2) is 33.1 Å². The van der Waals surface area contributed by atoms with Crippen molar-refractivity contribution >= 4 is 33.3 Å². The molecule has 0 aliphatic heterocycles. The van der Waals surface area contributed by atoms with Gasteiger partial charge in [-0.15, -0.1) is 0 Å². The molecule has 0 radical (unpaired) electrons. The van der Waals surface area contributed by atoms with Crippen LogP contribution in [0, 0.1) is 11.6 Å². The lowest BCUT2D eigenvalue weighted by molar-refractivity contribution is -0.135. The maximum absolute atomic E-state index is 13.8. The summed E-state index contributed by atoms with van der Waals surface area (Å²) in [6, 6.07) is 5.79. The number of hydrogen-bond acceptors (Lipinski definition) is 4. The first-order chi connectivity index (χ1) is 11.7. The minimum absolute atomic E-state index is 0.173. The van der Waals surface area contributed by atoms with E-state index in [1.54, 1.807) is 0 Å². The van der Waals surface area contributed by atoms with E-state index in [0.717, 1.165) is 30.3 Å².